The Hall–Kier alpha value is -4.06. The highest BCUT2D eigenvalue weighted by Gasteiger charge is 2.04. The van der Waals surface area contributed by atoms with E-state index in [0.717, 1.165) is 16.7 Å². The second kappa shape index (κ2) is 9.93. The molecule has 0 N–H and O–H groups in total. The summed E-state index contributed by atoms with van der Waals surface area (Å²) in [6.07, 6.45) is 6.19. The summed E-state index contributed by atoms with van der Waals surface area (Å²) in [6, 6.07) is 19.3. The summed E-state index contributed by atoms with van der Waals surface area (Å²) in [4.78, 5) is 22.2. The first kappa shape index (κ1) is 20.7. The van der Waals surface area contributed by atoms with Gasteiger partial charge in [-0.1, -0.05) is 36.4 Å². The van der Waals surface area contributed by atoms with Crippen LogP contribution in [0, 0.1) is 15.9 Å². The van der Waals surface area contributed by atoms with Gasteiger partial charge in [-0.3, -0.25) is 14.9 Å². The quantitative estimate of drug-likeness (QED) is 0.279. The van der Waals surface area contributed by atoms with Gasteiger partial charge < -0.3 is 4.74 Å². The predicted molar refractivity (Wildman–Crippen MR) is 113 cm³/mol. The smallest absolute Gasteiger partial charge is 0.269 e. The van der Waals surface area contributed by atoms with Crippen LogP contribution in [0.15, 0.2) is 84.9 Å². The zero-order valence-corrected chi connectivity index (χ0v) is 15.9. The molecule has 30 heavy (non-hydrogen) atoms. The molecule has 0 aliphatic carbocycles. The van der Waals surface area contributed by atoms with Gasteiger partial charge in [0.25, 0.3) is 5.69 Å². The van der Waals surface area contributed by atoms with Crippen LogP contribution < -0.4 is 4.74 Å². The van der Waals surface area contributed by atoms with Crippen molar-refractivity contribution in [1.29, 1.82) is 0 Å². The first-order chi connectivity index (χ1) is 14.5. The molecule has 0 unspecified atom stereocenters. The highest BCUT2D eigenvalue weighted by Crippen LogP contribution is 2.17. The monoisotopic (exact) mass is 403 g/mol. The van der Waals surface area contributed by atoms with Crippen molar-refractivity contribution < 1.29 is 18.8 Å². The fourth-order valence-electron chi connectivity index (χ4n) is 2.54. The van der Waals surface area contributed by atoms with Crippen LogP contribution >= 0.6 is 0 Å². The number of ketones is 1. The standard InChI is InChI=1S/C24H18FNO4/c25-21-9-1-18(2-10-21)5-13-23(27)14-6-19-7-15-24(16-8-19)30-17-20-3-11-22(12-4-20)26(28)29/h1-16H,17H2/b13-5+,14-6+. The molecule has 0 saturated heterocycles. The normalized spacial score (nSPS) is 11.1. The molecule has 3 aromatic rings. The van der Waals surface area contributed by atoms with Gasteiger partial charge in [-0.05, 0) is 65.2 Å². The number of ether oxygens (including phenoxy) is 1. The number of hydrogen-bond donors (Lipinski definition) is 0. The van der Waals surface area contributed by atoms with Gasteiger partial charge in [0, 0.05) is 12.1 Å². The molecule has 0 saturated carbocycles. The Labute approximate surface area is 172 Å². The van der Waals surface area contributed by atoms with E-state index in [1.807, 2.05) is 12.1 Å². The zero-order chi connectivity index (χ0) is 21.3. The minimum atomic E-state index is -0.444. The molecule has 0 aliphatic rings. The second-order valence-corrected chi connectivity index (χ2v) is 6.40. The Bertz CT molecular complexity index is 1070. The summed E-state index contributed by atoms with van der Waals surface area (Å²) in [5, 5.41) is 10.7. The van der Waals surface area contributed by atoms with E-state index in [2.05, 4.69) is 0 Å². The van der Waals surface area contributed by atoms with Crippen LogP contribution in [0.1, 0.15) is 16.7 Å². The van der Waals surface area contributed by atoms with E-state index in [0.29, 0.717) is 12.4 Å². The molecule has 150 valence electrons. The number of nitrogens with zero attached hydrogens (tertiary/aromatic N) is 1. The summed E-state index contributed by atoms with van der Waals surface area (Å²) >= 11 is 0. The number of non-ortho nitro benzene ring substituents is 1. The highest BCUT2D eigenvalue weighted by atomic mass is 19.1. The van der Waals surface area contributed by atoms with E-state index >= 15 is 0 Å². The Balaban J connectivity index is 1.51. The summed E-state index contributed by atoms with van der Waals surface area (Å²) in [5.41, 5.74) is 2.44. The van der Waals surface area contributed by atoms with Crippen molar-refractivity contribution in [2.45, 2.75) is 6.61 Å². The number of carbonyl (C=O) groups is 1. The molecule has 0 bridgehead atoms. The lowest BCUT2D eigenvalue weighted by molar-refractivity contribution is -0.384. The highest BCUT2D eigenvalue weighted by molar-refractivity contribution is 6.04. The third kappa shape index (κ3) is 6.24. The molecule has 0 atom stereocenters. The zero-order valence-electron chi connectivity index (χ0n) is 15.9. The topological polar surface area (TPSA) is 69.4 Å². The lowest BCUT2D eigenvalue weighted by Crippen LogP contribution is -1.96. The van der Waals surface area contributed by atoms with Gasteiger partial charge in [0.1, 0.15) is 18.2 Å². The number of nitro groups is 1. The number of hydrogen-bond acceptors (Lipinski definition) is 4. The third-order valence-corrected chi connectivity index (χ3v) is 4.18. The molecular weight excluding hydrogens is 385 g/mol. The molecule has 5 nitrogen and oxygen atoms in total. The molecule has 0 amide bonds. The summed E-state index contributed by atoms with van der Waals surface area (Å²) in [5.74, 6) is 0.143. The first-order valence-corrected chi connectivity index (χ1v) is 9.11. The van der Waals surface area contributed by atoms with Gasteiger partial charge in [-0.15, -0.1) is 0 Å². The van der Waals surface area contributed by atoms with Crippen molar-refractivity contribution in [2.75, 3.05) is 0 Å². The van der Waals surface area contributed by atoms with E-state index in [9.17, 15) is 19.3 Å². The predicted octanol–water partition coefficient (Wildman–Crippen LogP) is 5.61. The maximum atomic E-state index is 12.9. The SMILES string of the molecule is O=C(/C=C/c1ccc(F)cc1)/C=C/c1ccc(OCc2ccc([N+](=O)[O-])cc2)cc1. The first-order valence-electron chi connectivity index (χ1n) is 9.11. The number of nitro benzene ring substituents is 1. The van der Waals surface area contributed by atoms with E-state index in [-0.39, 0.29) is 17.3 Å². The van der Waals surface area contributed by atoms with Crippen molar-refractivity contribution in [3.63, 3.8) is 0 Å². The molecule has 0 heterocycles. The number of allylic oxidation sites excluding steroid dienone is 2. The molecule has 0 fully saturated rings. The van der Waals surface area contributed by atoms with Gasteiger partial charge >= 0.3 is 0 Å². The summed E-state index contributed by atoms with van der Waals surface area (Å²) in [6.45, 7) is 0.292. The number of halogens is 1. The van der Waals surface area contributed by atoms with Gasteiger partial charge in [0.15, 0.2) is 5.78 Å². The molecule has 6 heteroatoms. The fraction of sp³-hybridized carbons (Fsp3) is 0.0417. The van der Waals surface area contributed by atoms with Crippen molar-refractivity contribution in [3.05, 3.63) is 118 Å². The molecule has 0 radical (unpaired) electrons. The van der Waals surface area contributed by atoms with Crippen molar-refractivity contribution in [2.24, 2.45) is 0 Å². The molecule has 3 aromatic carbocycles. The van der Waals surface area contributed by atoms with Gasteiger partial charge in [0.2, 0.25) is 0 Å². The Morgan fingerprint density at radius 1 is 0.867 bits per heavy atom. The Kier molecular flexibility index (Phi) is 6.84. The summed E-state index contributed by atoms with van der Waals surface area (Å²) in [7, 11) is 0. The van der Waals surface area contributed by atoms with E-state index in [1.165, 1.54) is 36.4 Å². The molecule has 0 aliphatic heterocycles. The third-order valence-electron chi connectivity index (χ3n) is 4.18. The number of carbonyl (C=O) groups excluding carboxylic acids is 1. The average molecular weight is 403 g/mol. The van der Waals surface area contributed by atoms with Gasteiger partial charge in [0.05, 0.1) is 4.92 Å². The fourth-order valence-corrected chi connectivity index (χ4v) is 2.54. The average Bonchev–Trinajstić information content (AvgIpc) is 2.77. The van der Waals surface area contributed by atoms with Gasteiger partial charge in [-0.25, -0.2) is 4.39 Å². The van der Waals surface area contributed by atoms with Crippen LogP contribution in [0.2, 0.25) is 0 Å². The van der Waals surface area contributed by atoms with E-state index in [4.69, 9.17) is 4.74 Å². The van der Waals surface area contributed by atoms with Gasteiger partial charge in [-0.2, -0.15) is 0 Å². The molecular formula is C24H18FNO4. The van der Waals surface area contributed by atoms with Crippen LogP contribution in [-0.2, 0) is 11.4 Å². The van der Waals surface area contributed by atoms with Crippen molar-refractivity contribution >= 4 is 23.6 Å². The van der Waals surface area contributed by atoms with Crippen LogP contribution in [-0.4, -0.2) is 10.7 Å². The molecule has 3 rings (SSSR count). The van der Waals surface area contributed by atoms with E-state index < -0.39 is 4.92 Å². The molecule has 0 spiro atoms. The lowest BCUT2D eigenvalue weighted by atomic mass is 10.1. The molecule has 0 aromatic heterocycles. The Morgan fingerprint density at radius 3 is 1.93 bits per heavy atom. The van der Waals surface area contributed by atoms with E-state index in [1.54, 1.807) is 48.6 Å². The Morgan fingerprint density at radius 2 is 1.40 bits per heavy atom. The maximum absolute atomic E-state index is 12.9. The summed E-state index contributed by atoms with van der Waals surface area (Å²) < 4.78 is 18.5. The van der Waals surface area contributed by atoms with Crippen molar-refractivity contribution in [3.8, 4) is 5.75 Å². The lowest BCUT2D eigenvalue weighted by Gasteiger charge is -2.06. The number of rotatable bonds is 8. The largest absolute Gasteiger partial charge is 0.489 e. The number of benzene rings is 3. The minimum absolute atomic E-state index is 0.0388. The van der Waals surface area contributed by atoms with Crippen LogP contribution in [0.3, 0.4) is 0 Å². The van der Waals surface area contributed by atoms with Crippen LogP contribution in [0.5, 0.6) is 5.75 Å². The minimum Gasteiger partial charge on any atom is -0.489 e. The maximum Gasteiger partial charge on any atom is 0.269 e. The van der Waals surface area contributed by atoms with Crippen LogP contribution in [0.25, 0.3) is 12.2 Å². The van der Waals surface area contributed by atoms with Crippen molar-refractivity contribution in [1.82, 2.24) is 0 Å². The second-order valence-electron chi connectivity index (χ2n) is 6.40. The van der Waals surface area contributed by atoms with Crippen LogP contribution in [0.4, 0.5) is 10.1 Å².